The summed E-state index contributed by atoms with van der Waals surface area (Å²) in [7, 11) is 1.95. The molecule has 1 rings (SSSR count). The second-order valence-corrected chi connectivity index (χ2v) is 3.24. The van der Waals surface area contributed by atoms with Crippen molar-refractivity contribution in [1.29, 1.82) is 0 Å². The Bertz CT molecular complexity index is 215. The van der Waals surface area contributed by atoms with E-state index in [1.165, 1.54) is 9.75 Å². The van der Waals surface area contributed by atoms with Crippen LogP contribution in [0.1, 0.15) is 9.75 Å². The van der Waals surface area contributed by atoms with Crippen molar-refractivity contribution in [2.45, 2.75) is 6.54 Å². The van der Waals surface area contributed by atoms with Crippen LogP contribution in [0.4, 0.5) is 0 Å². The second-order valence-electron chi connectivity index (χ2n) is 2.04. The summed E-state index contributed by atoms with van der Waals surface area (Å²) in [4.78, 5) is 2.60. The molecule has 0 saturated carbocycles. The molecular formula is C8H11NS. The van der Waals surface area contributed by atoms with E-state index in [2.05, 4.69) is 24.0 Å². The summed E-state index contributed by atoms with van der Waals surface area (Å²) in [5, 5.41) is 3.10. The molecule has 0 radical (unpaired) electrons. The molecule has 1 aromatic rings. The number of nitrogens with one attached hydrogen (secondary N) is 1. The van der Waals surface area contributed by atoms with Gasteiger partial charge in [0.1, 0.15) is 0 Å². The lowest BCUT2D eigenvalue weighted by atomic mass is 10.4. The smallest absolute Gasteiger partial charge is 0.0296 e. The predicted octanol–water partition coefficient (Wildman–Crippen LogP) is 2.11. The first-order chi connectivity index (χ1) is 4.86. The lowest BCUT2D eigenvalue weighted by Crippen LogP contribution is -2.02. The molecular weight excluding hydrogens is 142 g/mol. The van der Waals surface area contributed by atoms with Gasteiger partial charge in [-0.15, -0.1) is 11.3 Å². The number of hydrogen-bond donors (Lipinski definition) is 1. The lowest BCUT2D eigenvalue weighted by Gasteiger charge is -1.90. The molecule has 1 N–H and O–H groups in total. The van der Waals surface area contributed by atoms with Crippen LogP contribution < -0.4 is 5.32 Å². The second kappa shape index (κ2) is 3.54. The zero-order valence-corrected chi connectivity index (χ0v) is 6.87. The van der Waals surface area contributed by atoms with Crippen molar-refractivity contribution >= 4 is 17.4 Å². The van der Waals surface area contributed by atoms with Crippen LogP contribution in [0.3, 0.4) is 0 Å². The molecule has 1 nitrogen and oxygen atoms in total. The molecule has 0 bridgehead atoms. The SMILES string of the molecule is C=Cc1ccc(CNC)s1. The fraction of sp³-hybridized carbons (Fsp3) is 0.250. The van der Waals surface area contributed by atoms with Gasteiger partial charge in [-0.1, -0.05) is 12.7 Å². The van der Waals surface area contributed by atoms with Crippen molar-refractivity contribution in [1.82, 2.24) is 5.32 Å². The number of thiophene rings is 1. The first-order valence-electron chi connectivity index (χ1n) is 3.22. The lowest BCUT2D eigenvalue weighted by molar-refractivity contribution is 0.831. The normalized spacial score (nSPS) is 9.70. The first-order valence-corrected chi connectivity index (χ1v) is 4.04. The van der Waals surface area contributed by atoms with Crippen molar-refractivity contribution in [3.8, 4) is 0 Å². The summed E-state index contributed by atoms with van der Waals surface area (Å²) in [6.07, 6.45) is 1.88. The summed E-state index contributed by atoms with van der Waals surface area (Å²) in [5.74, 6) is 0. The zero-order chi connectivity index (χ0) is 7.40. The summed E-state index contributed by atoms with van der Waals surface area (Å²) in [6.45, 7) is 4.65. The standard InChI is InChI=1S/C8H11NS/c1-3-7-4-5-8(10-7)6-9-2/h3-5,9H,1,6H2,2H3. The van der Waals surface area contributed by atoms with E-state index in [1.54, 1.807) is 11.3 Å². The largest absolute Gasteiger partial charge is 0.315 e. The Morgan fingerprint density at radius 1 is 1.70 bits per heavy atom. The number of hydrogen-bond acceptors (Lipinski definition) is 2. The van der Waals surface area contributed by atoms with Crippen molar-refractivity contribution in [2.24, 2.45) is 0 Å². The summed E-state index contributed by atoms with van der Waals surface area (Å²) in [6, 6.07) is 4.21. The van der Waals surface area contributed by atoms with Crippen LogP contribution in [0.15, 0.2) is 18.7 Å². The van der Waals surface area contributed by atoms with Crippen molar-refractivity contribution < 1.29 is 0 Å². The molecule has 54 valence electrons. The Labute approximate surface area is 65.4 Å². The average Bonchev–Trinajstić information content (AvgIpc) is 2.37. The predicted molar refractivity (Wildman–Crippen MR) is 47.2 cm³/mol. The molecule has 10 heavy (non-hydrogen) atoms. The van der Waals surface area contributed by atoms with Gasteiger partial charge >= 0.3 is 0 Å². The number of rotatable bonds is 3. The van der Waals surface area contributed by atoms with Crippen LogP contribution in [0.25, 0.3) is 6.08 Å². The zero-order valence-electron chi connectivity index (χ0n) is 6.05. The van der Waals surface area contributed by atoms with Crippen LogP contribution >= 0.6 is 11.3 Å². The highest BCUT2D eigenvalue weighted by Gasteiger charge is 1.93. The highest BCUT2D eigenvalue weighted by atomic mass is 32.1. The van der Waals surface area contributed by atoms with Crippen molar-refractivity contribution in [3.05, 3.63) is 28.5 Å². The summed E-state index contributed by atoms with van der Waals surface area (Å²) in [5.41, 5.74) is 0. The summed E-state index contributed by atoms with van der Waals surface area (Å²) >= 11 is 1.78. The fourth-order valence-electron chi connectivity index (χ4n) is 0.773. The summed E-state index contributed by atoms with van der Waals surface area (Å²) < 4.78 is 0. The van der Waals surface area contributed by atoms with Crippen LogP contribution in [-0.2, 0) is 6.54 Å². The monoisotopic (exact) mass is 153 g/mol. The highest BCUT2D eigenvalue weighted by molar-refractivity contribution is 7.12. The van der Waals surface area contributed by atoms with Gasteiger partial charge in [0.2, 0.25) is 0 Å². The van der Waals surface area contributed by atoms with Crippen LogP contribution in [-0.4, -0.2) is 7.05 Å². The maximum Gasteiger partial charge on any atom is 0.0296 e. The minimum atomic E-state index is 0.957. The molecule has 2 heteroatoms. The van der Waals surface area contributed by atoms with Crippen LogP contribution in [0, 0.1) is 0 Å². The molecule has 0 aliphatic heterocycles. The van der Waals surface area contributed by atoms with Gasteiger partial charge in [0.15, 0.2) is 0 Å². The Balaban J connectivity index is 2.68. The van der Waals surface area contributed by atoms with E-state index in [0.717, 1.165) is 6.54 Å². The molecule has 0 aliphatic carbocycles. The van der Waals surface area contributed by atoms with Gasteiger partial charge in [0.05, 0.1) is 0 Å². The van der Waals surface area contributed by atoms with Gasteiger partial charge < -0.3 is 5.32 Å². The Hall–Kier alpha value is -0.600. The van der Waals surface area contributed by atoms with E-state index in [1.807, 2.05) is 13.1 Å². The first kappa shape index (κ1) is 7.51. The molecule has 0 unspecified atom stereocenters. The van der Waals surface area contributed by atoms with E-state index >= 15 is 0 Å². The molecule has 0 saturated heterocycles. The van der Waals surface area contributed by atoms with E-state index in [4.69, 9.17) is 0 Å². The van der Waals surface area contributed by atoms with Gasteiger partial charge in [0, 0.05) is 16.3 Å². The third kappa shape index (κ3) is 1.69. The quantitative estimate of drug-likeness (QED) is 0.701. The minimum Gasteiger partial charge on any atom is -0.315 e. The minimum absolute atomic E-state index is 0.957. The van der Waals surface area contributed by atoms with Crippen LogP contribution in [0.2, 0.25) is 0 Å². The third-order valence-electron chi connectivity index (χ3n) is 1.23. The Morgan fingerprint density at radius 3 is 3.00 bits per heavy atom. The molecule has 0 aliphatic rings. The van der Waals surface area contributed by atoms with Gasteiger partial charge in [0.25, 0.3) is 0 Å². The van der Waals surface area contributed by atoms with E-state index < -0.39 is 0 Å². The molecule has 0 spiro atoms. The van der Waals surface area contributed by atoms with Crippen LogP contribution in [0.5, 0.6) is 0 Å². The fourth-order valence-corrected chi connectivity index (χ4v) is 1.65. The van der Waals surface area contributed by atoms with E-state index in [0.29, 0.717) is 0 Å². The highest BCUT2D eigenvalue weighted by Crippen LogP contribution is 2.16. The van der Waals surface area contributed by atoms with Gasteiger partial charge in [-0.2, -0.15) is 0 Å². The van der Waals surface area contributed by atoms with E-state index in [9.17, 15) is 0 Å². The van der Waals surface area contributed by atoms with Gasteiger partial charge in [-0.3, -0.25) is 0 Å². The maximum atomic E-state index is 3.69. The molecule has 0 amide bonds. The molecule has 0 atom stereocenters. The molecule has 0 aromatic carbocycles. The third-order valence-corrected chi connectivity index (χ3v) is 2.32. The Morgan fingerprint density at radius 2 is 2.50 bits per heavy atom. The molecule has 0 fully saturated rings. The average molecular weight is 153 g/mol. The topological polar surface area (TPSA) is 12.0 Å². The van der Waals surface area contributed by atoms with Gasteiger partial charge in [-0.05, 0) is 19.2 Å². The molecule has 1 heterocycles. The van der Waals surface area contributed by atoms with Crippen molar-refractivity contribution in [3.63, 3.8) is 0 Å². The molecule has 1 aromatic heterocycles. The van der Waals surface area contributed by atoms with Gasteiger partial charge in [-0.25, -0.2) is 0 Å². The maximum absolute atomic E-state index is 3.69. The Kier molecular flexibility index (Phi) is 2.66. The van der Waals surface area contributed by atoms with E-state index in [-0.39, 0.29) is 0 Å². The van der Waals surface area contributed by atoms with Crippen molar-refractivity contribution in [2.75, 3.05) is 7.05 Å².